The fourth-order valence-corrected chi connectivity index (χ4v) is 3.94. The molecule has 1 amide bonds. The Kier molecular flexibility index (Phi) is 7.69. The van der Waals surface area contributed by atoms with Crippen LogP contribution in [0.4, 0.5) is 5.69 Å². The Bertz CT molecular complexity index is 698. The second-order valence-corrected chi connectivity index (χ2v) is 7.99. The number of esters is 1. The molecule has 3 rings (SSSR count). The predicted octanol–water partition coefficient (Wildman–Crippen LogP) is 3.26. The molecule has 0 aliphatic carbocycles. The standard InChI is InChI=1S/C23H32N2O4/c1-18-15-25(16-19(2)29-18)22(26)17-28-23(27)12-9-20-7-10-21(11-8-20)24-13-5-3-4-6-14-24/h7-12,18-19H,3-6,13-17H2,1-2H3/b12-9+/t18-,19-/m1/s1. The number of ether oxygens (including phenoxy) is 2. The molecule has 2 aliphatic rings. The summed E-state index contributed by atoms with van der Waals surface area (Å²) >= 11 is 0. The van der Waals surface area contributed by atoms with Crippen molar-refractivity contribution in [2.75, 3.05) is 37.7 Å². The number of amides is 1. The molecule has 6 heteroatoms. The zero-order valence-electron chi connectivity index (χ0n) is 17.5. The Labute approximate surface area is 173 Å². The maximum Gasteiger partial charge on any atom is 0.331 e. The monoisotopic (exact) mass is 400 g/mol. The summed E-state index contributed by atoms with van der Waals surface area (Å²) in [4.78, 5) is 28.3. The van der Waals surface area contributed by atoms with Gasteiger partial charge in [0.2, 0.25) is 0 Å². The third kappa shape index (κ3) is 6.60. The summed E-state index contributed by atoms with van der Waals surface area (Å²) in [6.45, 7) is 6.90. The van der Waals surface area contributed by atoms with Gasteiger partial charge in [-0.3, -0.25) is 4.79 Å². The van der Waals surface area contributed by atoms with Crippen LogP contribution in [0.3, 0.4) is 0 Å². The lowest BCUT2D eigenvalue weighted by Gasteiger charge is -2.35. The minimum absolute atomic E-state index is 0.00409. The van der Waals surface area contributed by atoms with E-state index in [1.807, 2.05) is 26.0 Å². The van der Waals surface area contributed by atoms with Crippen LogP contribution in [0.1, 0.15) is 45.1 Å². The van der Waals surface area contributed by atoms with E-state index in [-0.39, 0.29) is 24.7 Å². The number of carbonyl (C=O) groups excluding carboxylic acids is 2. The highest BCUT2D eigenvalue weighted by molar-refractivity contribution is 5.89. The minimum atomic E-state index is -0.510. The Morgan fingerprint density at radius 1 is 1.03 bits per heavy atom. The van der Waals surface area contributed by atoms with Crippen LogP contribution >= 0.6 is 0 Å². The summed E-state index contributed by atoms with van der Waals surface area (Å²) in [7, 11) is 0. The first-order chi connectivity index (χ1) is 14.0. The number of rotatable bonds is 5. The number of hydrogen-bond donors (Lipinski definition) is 0. The van der Waals surface area contributed by atoms with Gasteiger partial charge in [0.25, 0.3) is 5.91 Å². The van der Waals surface area contributed by atoms with Gasteiger partial charge in [0.05, 0.1) is 12.2 Å². The van der Waals surface area contributed by atoms with Gasteiger partial charge in [-0.15, -0.1) is 0 Å². The van der Waals surface area contributed by atoms with E-state index in [0.717, 1.165) is 18.7 Å². The van der Waals surface area contributed by atoms with Crippen LogP contribution in [0.2, 0.25) is 0 Å². The van der Waals surface area contributed by atoms with Crippen LogP contribution in [0.25, 0.3) is 6.08 Å². The van der Waals surface area contributed by atoms with Gasteiger partial charge in [-0.25, -0.2) is 4.79 Å². The highest BCUT2D eigenvalue weighted by Gasteiger charge is 2.26. The molecule has 1 aromatic carbocycles. The van der Waals surface area contributed by atoms with Crippen molar-refractivity contribution >= 4 is 23.6 Å². The lowest BCUT2D eigenvalue weighted by molar-refractivity contribution is -0.154. The quantitative estimate of drug-likeness (QED) is 0.561. The van der Waals surface area contributed by atoms with Gasteiger partial charge in [0.15, 0.2) is 6.61 Å². The average Bonchev–Trinajstić information content (AvgIpc) is 2.99. The van der Waals surface area contributed by atoms with Crippen LogP contribution in [0.5, 0.6) is 0 Å². The molecule has 0 saturated carbocycles. The molecule has 0 radical (unpaired) electrons. The molecule has 2 fully saturated rings. The number of carbonyl (C=O) groups is 2. The van der Waals surface area contributed by atoms with Gasteiger partial charge in [0, 0.05) is 37.9 Å². The van der Waals surface area contributed by atoms with Crippen molar-refractivity contribution in [3.63, 3.8) is 0 Å². The molecule has 0 N–H and O–H groups in total. The normalized spacial score (nSPS) is 23.1. The van der Waals surface area contributed by atoms with Crippen molar-refractivity contribution in [3.05, 3.63) is 35.9 Å². The molecule has 29 heavy (non-hydrogen) atoms. The Morgan fingerprint density at radius 2 is 1.66 bits per heavy atom. The van der Waals surface area contributed by atoms with E-state index >= 15 is 0 Å². The van der Waals surface area contributed by atoms with Crippen LogP contribution in [-0.2, 0) is 19.1 Å². The maximum atomic E-state index is 12.2. The first-order valence-corrected chi connectivity index (χ1v) is 10.6. The van der Waals surface area contributed by atoms with Crippen molar-refractivity contribution in [1.29, 1.82) is 0 Å². The van der Waals surface area contributed by atoms with E-state index in [9.17, 15) is 9.59 Å². The lowest BCUT2D eigenvalue weighted by Crippen LogP contribution is -2.49. The Morgan fingerprint density at radius 3 is 2.28 bits per heavy atom. The summed E-state index contributed by atoms with van der Waals surface area (Å²) in [6.07, 6.45) is 8.20. The molecule has 0 spiro atoms. The van der Waals surface area contributed by atoms with Crippen molar-refractivity contribution in [3.8, 4) is 0 Å². The third-order valence-corrected chi connectivity index (χ3v) is 5.39. The van der Waals surface area contributed by atoms with Gasteiger partial charge < -0.3 is 19.3 Å². The Hall–Kier alpha value is -2.34. The van der Waals surface area contributed by atoms with Crippen LogP contribution in [-0.4, -0.2) is 61.8 Å². The molecule has 2 saturated heterocycles. The molecular weight excluding hydrogens is 368 g/mol. The molecule has 2 aliphatic heterocycles. The molecule has 158 valence electrons. The zero-order chi connectivity index (χ0) is 20.6. The molecule has 2 atom stereocenters. The van der Waals surface area contributed by atoms with Crippen LogP contribution < -0.4 is 4.90 Å². The average molecular weight is 401 g/mol. The van der Waals surface area contributed by atoms with Gasteiger partial charge in [-0.05, 0) is 50.5 Å². The molecule has 0 aromatic heterocycles. The van der Waals surface area contributed by atoms with Crippen LogP contribution in [0, 0.1) is 0 Å². The first-order valence-electron chi connectivity index (χ1n) is 10.6. The van der Waals surface area contributed by atoms with Gasteiger partial charge in [-0.2, -0.15) is 0 Å². The molecule has 0 unspecified atom stereocenters. The van der Waals surface area contributed by atoms with E-state index in [4.69, 9.17) is 9.47 Å². The van der Waals surface area contributed by atoms with E-state index < -0.39 is 5.97 Å². The fraction of sp³-hybridized carbons (Fsp3) is 0.565. The molecule has 6 nitrogen and oxygen atoms in total. The van der Waals surface area contributed by atoms with Gasteiger partial charge in [-0.1, -0.05) is 25.0 Å². The number of anilines is 1. The Balaban J connectivity index is 1.45. The van der Waals surface area contributed by atoms with E-state index in [2.05, 4.69) is 17.0 Å². The lowest BCUT2D eigenvalue weighted by atomic mass is 10.1. The summed E-state index contributed by atoms with van der Waals surface area (Å²) < 4.78 is 10.7. The predicted molar refractivity (Wildman–Crippen MR) is 114 cm³/mol. The molecule has 0 bridgehead atoms. The first kappa shape index (κ1) is 21.4. The van der Waals surface area contributed by atoms with Gasteiger partial charge >= 0.3 is 5.97 Å². The van der Waals surface area contributed by atoms with E-state index in [1.165, 1.54) is 37.4 Å². The third-order valence-electron chi connectivity index (χ3n) is 5.39. The fourth-order valence-electron chi connectivity index (χ4n) is 3.94. The SMILES string of the molecule is C[C@@H]1CN(C(=O)COC(=O)/C=C/c2ccc(N3CCCCCC3)cc2)C[C@@H](C)O1. The van der Waals surface area contributed by atoms with E-state index in [0.29, 0.717) is 13.1 Å². The second kappa shape index (κ2) is 10.4. The molecular formula is C23H32N2O4. The summed E-state index contributed by atoms with van der Waals surface area (Å²) in [5, 5.41) is 0. The highest BCUT2D eigenvalue weighted by atomic mass is 16.5. The molecule has 1 aromatic rings. The minimum Gasteiger partial charge on any atom is -0.452 e. The maximum absolute atomic E-state index is 12.2. The van der Waals surface area contributed by atoms with Crippen molar-refractivity contribution in [2.45, 2.75) is 51.7 Å². The number of morpholine rings is 1. The summed E-state index contributed by atoms with van der Waals surface area (Å²) in [5.74, 6) is -0.695. The van der Waals surface area contributed by atoms with Crippen LogP contribution in [0.15, 0.2) is 30.3 Å². The number of nitrogens with zero attached hydrogens (tertiary/aromatic N) is 2. The smallest absolute Gasteiger partial charge is 0.331 e. The van der Waals surface area contributed by atoms with Crippen molar-refractivity contribution in [2.24, 2.45) is 0 Å². The number of hydrogen-bond acceptors (Lipinski definition) is 5. The van der Waals surface area contributed by atoms with E-state index in [1.54, 1.807) is 11.0 Å². The second-order valence-electron chi connectivity index (χ2n) is 7.99. The van der Waals surface area contributed by atoms with Crippen molar-refractivity contribution in [1.82, 2.24) is 4.90 Å². The molecule has 2 heterocycles. The number of benzene rings is 1. The summed E-state index contributed by atoms with van der Waals surface area (Å²) in [5.41, 5.74) is 2.16. The van der Waals surface area contributed by atoms with Gasteiger partial charge in [0.1, 0.15) is 0 Å². The topological polar surface area (TPSA) is 59.1 Å². The summed E-state index contributed by atoms with van der Waals surface area (Å²) in [6, 6.07) is 8.21. The largest absolute Gasteiger partial charge is 0.452 e. The van der Waals surface area contributed by atoms with Crippen molar-refractivity contribution < 1.29 is 19.1 Å². The zero-order valence-corrected chi connectivity index (χ0v) is 17.5. The highest BCUT2D eigenvalue weighted by Crippen LogP contribution is 2.20.